The Labute approximate surface area is 130 Å². The zero-order valence-corrected chi connectivity index (χ0v) is 13.4. The number of carbonyl (C=O) groups excluding carboxylic acids is 1. The maximum Gasteiger partial charge on any atom is 0.240 e. The van der Waals surface area contributed by atoms with Gasteiger partial charge in [0.1, 0.15) is 19.0 Å². The van der Waals surface area contributed by atoms with Gasteiger partial charge in [-0.05, 0) is 31.9 Å². The van der Waals surface area contributed by atoms with Gasteiger partial charge in [0.2, 0.25) is 10.0 Å². The van der Waals surface area contributed by atoms with E-state index in [0.717, 1.165) is 12.8 Å². The van der Waals surface area contributed by atoms with Gasteiger partial charge in [-0.25, -0.2) is 13.1 Å². The normalized spacial score (nSPS) is 13.9. The Morgan fingerprint density at radius 2 is 1.86 bits per heavy atom. The number of unbranched alkanes of at least 4 members (excludes halogenated alkanes) is 2. The molecular weight excluding hydrogens is 306 g/mol. The molecule has 0 radical (unpaired) electrons. The van der Waals surface area contributed by atoms with Crippen LogP contribution in [-0.2, 0) is 14.8 Å². The molecule has 2 rings (SSSR count). The molecule has 0 aliphatic carbocycles. The van der Waals surface area contributed by atoms with Crippen molar-refractivity contribution in [3.8, 4) is 11.5 Å². The van der Waals surface area contributed by atoms with E-state index < -0.39 is 10.0 Å². The van der Waals surface area contributed by atoms with Gasteiger partial charge in [-0.2, -0.15) is 0 Å². The molecule has 0 aromatic heterocycles. The quantitative estimate of drug-likeness (QED) is 0.737. The van der Waals surface area contributed by atoms with Crippen molar-refractivity contribution in [2.75, 3.05) is 19.8 Å². The molecule has 0 amide bonds. The number of sulfonamides is 1. The van der Waals surface area contributed by atoms with Crippen molar-refractivity contribution in [2.24, 2.45) is 0 Å². The van der Waals surface area contributed by atoms with Crippen LogP contribution in [0.1, 0.15) is 32.6 Å². The Kier molecular flexibility index (Phi) is 5.79. The van der Waals surface area contributed by atoms with E-state index in [9.17, 15) is 13.2 Å². The number of Topliss-reactive ketones (excluding diaryl/α,β-unsaturated/α-hetero) is 1. The summed E-state index contributed by atoms with van der Waals surface area (Å²) >= 11 is 0. The highest BCUT2D eigenvalue weighted by Gasteiger charge is 2.18. The van der Waals surface area contributed by atoms with E-state index in [1.54, 1.807) is 13.0 Å². The lowest BCUT2D eigenvalue weighted by molar-refractivity contribution is -0.117. The van der Waals surface area contributed by atoms with Crippen LogP contribution in [0.3, 0.4) is 0 Å². The molecule has 0 atom stereocenters. The van der Waals surface area contributed by atoms with Gasteiger partial charge in [0.15, 0.2) is 11.5 Å². The molecule has 1 heterocycles. The first-order chi connectivity index (χ1) is 10.5. The highest BCUT2D eigenvalue weighted by Crippen LogP contribution is 2.32. The minimum atomic E-state index is -3.55. The fraction of sp³-hybridized carbons (Fsp3) is 0.533. The number of carbonyl (C=O) groups is 1. The predicted molar refractivity (Wildman–Crippen MR) is 81.8 cm³/mol. The van der Waals surface area contributed by atoms with Crippen molar-refractivity contribution in [2.45, 2.75) is 37.5 Å². The second-order valence-electron chi connectivity index (χ2n) is 5.22. The summed E-state index contributed by atoms with van der Waals surface area (Å²) in [6.07, 6.45) is 2.87. The second kappa shape index (κ2) is 7.60. The third-order valence-corrected chi connectivity index (χ3v) is 4.78. The number of benzene rings is 1. The fourth-order valence-electron chi connectivity index (χ4n) is 2.16. The van der Waals surface area contributed by atoms with Crippen molar-refractivity contribution in [1.82, 2.24) is 4.72 Å². The number of hydrogen-bond donors (Lipinski definition) is 1. The van der Waals surface area contributed by atoms with Crippen LogP contribution in [0.25, 0.3) is 0 Å². The van der Waals surface area contributed by atoms with E-state index in [1.807, 2.05) is 0 Å². The highest BCUT2D eigenvalue weighted by atomic mass is 32.2. The van der Waals surface area contributed by atoms with Crippen LogP contribution in [0.5, 0.6) is 11.5 Å². The molecule has 0 spiro atoms. The zero-order valence-electron chi connectivity index (χ0n) is 12.6. The lowest BCUT2D eigenvalue weighted by atomic mass is 10.1. The summed E-state index contributed by atoms with van der Waals surface area (Å²) in [4.78, 5) is 11.0. The van der Waals surface area contributed by atoms with Gasteiger partial charge in [0, 0.05) is 19.0 Å². The maximum atomic E-state index is 12.2. The summed E-state index contributed by atoms with van der Waals surface area (Å²) in [7, 11) is -3.55. The van der Waals surface area contributed by atoms with Gasteiger partial charge < -0.3 is 14.3 Å². The Morgan fingerprint density at radius 1 is 1.14 bits per heavy atom. The summed E-state index contributed by atoms with van der Waals surface area (Å²) in [5.74, 6) is 1.18. The Bertz CT molecular complexity index is 627. The lowest BCUT2D eigenvalue weighted by Crippen LogP contribution is -2.25. The fourth-order valence-corrected chi connectivity index (χ4v) is 3.25. The average Bonchev–Trinajstić information content (AvgIpc) is 2.50. The van der Waals surface area contributed by atoms with E-state index in [-0.39, 0.29) is 10.7 Å². The van der Waals surface area contributed by atoms with Crippen LogP contribution >= 0.6 is 0 Å². The molecule has 6 nitrogen and oxygen atoms in total. The first-order valence-electron chi connectivity index (χ1n) is 7.38. The smallest absolute Gasteiger partial charge is 0.240 e. The number of ketones is 1. The molecule has 1 N–H and O–H groups in total. The van der Waals surface area contributed by atoms with Crippen LogP contribution < -0.4 is 14.2 Å². The van der Waals surface area contributed by atoms with E-state index in [0.29, 0.717) is 44.1 Å². The van der Waals surface area contributed by atoms with Crippen molar-refractivity contribution in [3.05, 3.63) is 18.2 Å². The van der Waals surface area contributed by atoms with Crippen molar-refractivity contribution in [1.29, 1.82) is 0 Å². The van der Waals surface area contributed by atoms with Gasteiger partial charge in [0.25, 0.3) is 0 Å². The molecule has 0 bridgehead atoms. The third-order valence-electron chi connectivity index (χ3n) is 3.32. The largest absolute Gasteiger partial charge is 0.486 e. The summed E-state index contributed by atoms with van der Waals surface area (Å²) in [5.41, 5.74) is 0. The molecule has 0 unspecified atom stereocenters. The van der Waals surface area contributed by atoms with E-state index in [1.165, 1.54) is 12.1 Å². The molecule has 7 heteroatoms. The summed E-state index contributed by atoms with van der Waals surface area (Å²) in [5, 5.41) is 0. The summed E-state index contributed by atoms with van der Waals surface area (Å²) in [6, 6.07) is 4.59. The molecule has 0 saturated heterocycles. The number of rotatable bonds is 8. The molecule has 0 saturated carbocycles. The minimum Gasteiger partial charge on any atom is -0.486 e. The van der Waals surface area contributed by atoms with E-state index >= 15 is 0 Å². The predicted octanol–water partition coefficient (Wildman–Crippen LogP) is 1.89. The molecule has 1 aliphatic heterocycles. The maximum absolute atomic E-state index is 12.2. The molecule has 0 fully saturated rings. The minimum absolute atomic E-state index is 0.164. The van der Waals surface area contributed by atoms with Crippen LogP contribution in [-0.4, -0.2) is 34.0 Å². The van der Waals surface area contributed by atoms with Crippen LogP contribution in [0.4, 0.5) is 0 Å². The SMILES string of the molecule is CC(=O)CCCCCNS(=O)(=O)c1ccc2c(c1)OCCO2. The van der Waals surface area contributed by atoms with Gasteiger partial charge in [0.05, 0.1) is 4.90 Å². The van der Waals surface area contributed by atoms with Gasteiger partial charge in [-0.15, -0.1) is 0 Å². The molecule has 1 aliphatic rings. The van der Waals surface area contributed by atoms with Crippen LogP contribution in [0, 0.1) is 0 Å². The van der Waals surface area contributed by atoms with Gasteiger partial charge in [-0.1, -0.05) is 6.42 Å². The third kappa shape index (κ3) is 4.71. The Hall–Kier alpha value is -1.60. The summed E-state index contributed by atoms with van der Waals surface area (Å²) < 4.78 is 37.7. The molecular formula is C15H21NO5S. The van der Waals surface area contributed by atoms with Gasteiger partial charge in [-0.3, -0.25) is 0 Å². The van der Waals surface area contributed by atoms with Crippen LogP contribution in [0.15, 0.2) is 23.1 Å². The van der Waals surface area contributed by atoms with Crippen LogP contribution in [0.2, 0.25) is 0 Å². The molecule has 1 aromatic carbocycles. The highest BCUT2D eigenvalue weighted by molar-refractivity contribution is 7.89. The summed E-state index contributed by atoms with van der Waals surface area (Å²) in [6.45, 7) is 2.80. The Morgan fingerprint density at radius 3 is 2.59 bits per heavy atom. The first-order valence-corrected chi connectivity index (χ1v) is 8.86. The Balaban J connectivity index is 1.86. The van der Waals surface area contributed by atoms with Crippen molar-refractivity contribution >= 4 is 15.8 Å². The first kappa shape index (κ1) is 16.8. The zero-order chi connectivity index (χ0) is 16.0. The molecule has 1 aromatic rings. The van der Waals surface area contributed by atoms with Crippen molar-refractivity contribution in [3.63, 3.8) is 0 Å². The average molecular weight is 327 g/mol. The second-order valence-corrected chi connectivity index (χ2v) is 6.98. The number of hydrogen-bond acceptors (Lipinski definition) is 5. The number of fused-ring (bicyclic) bond motifs is 1. The topological polar surface area (TPSA) is 81.7 Å². The van der Waals surface area contributed by atoms with E-state index in [4.69, 9.17) is 9.47 Å². The number of nitrogens with one attached hydrogen (secondary N) is 1. The molecule has 22 heavy (non-hydrogen) atoms. The van der Waals surface area contributed by atoms with Crippen molar-refractivity contribution < 1.29 is 22.7 Å². The van der Waals surface area contributed by atoms with Gasteiger partial charge >= 0.3 is 0 Å². The van der Waals surface area contributed by atoms with E-state index in [2.05, 4.69) is 4.72 Å². The number of ether oxygens (including phenoxy) is 2. The standard InChI is InChI=1S/C15H21NO5S/c1-12(17)5-3-2-4-8-16-22(18,19)13-6-7-14-15(11-13)21-10-9-20-14/h6-7,11,16H,2-5,8-10H2,1H3. The lowest BCUT2D eigenvalue weighted by Gasteiger charge is -2.18. The molecule has 122 valence electrons. The monoisotopic (exact) mass is 327 g/mol.